The summed E-state index contributed by atoms with van der Waals surface area (Å²) in [5.41, 5.74) is 1.82. The van der Waals surface area contributed by atoms with Crippen LogP contribution in [0.4, 0.5) is 13.2 Å². The van der Waals surface area contributed by atoms with Crippen molar-refractivity contribution in [3.05, 3.63) is 83.9 Å². The van der Waals surface area contributed by atoms with E-state index in [0.29, 0.717) is 5.75 Å². The molecule has 9 heteroatoms. The largest absolute Gasteiger partial charge is 0.449 e. The van der Waals surface area contributed by atoms with E-state index < -0.39 is 30.2 Å². The fraction of sp³-hybridized carbons (Fsp3) is 0.160. The van der Waals surface area contributed by atoms with Crippen LogP contribution in [0.1, 0.15) is 34.6 Å². The molecule has 0 aliphatic heterocycles. The van der Waals surface area contributed by atoms with Gasteiger partial charge in [-0.3, -0.25) is 4.79 Å². The number of carbonyl (C=O) groups is 3. The Morgan fingerprint density at radius 2 is 1.09 bits per heavy atom. The van der Waals surface area contributed by atoms with Crippen molar-refractivity contribution in [3.63, 3.8) is 0 Å². The normalized spacial score (nSPS) is 11.9. The Bertz CT molecular complexity index is 1170. The van der Waals surface area contributed by atoms with Gasteiger partial charge < -0.3 is 14.2 Å². The van der Waals surface area contributed by atoms with Crippen molar-refractivity contribution in [1.82, 2.24) is 0 Å². The van der Waals surface area contributed by atoms with Crippen molar-refractivity contribution in [1.29, 1.82) is 0 Å². The van der Waals surface area contributed by atoms with Crippen molar-refractivity contribution < 1.29 is 41.8 Å². The van der Waals surface area contributed by atoms with E-state index >= 15 is 0 Å². The van der Waals surface area contributed by atoms with Gasteiger partial charge in [0.2, 0.25) is 0 Å². The molecule has 3 aromatic carbocycles. The molecule has 0 radical (unpaired) electrons. The van der Waals surface area contributed by atoms with Gasteiger partial charge in [0.25, 0.3) is 0 Å². The highest BCUT2D eigenvalue weighted by atomic mass is 19.4. The molecule has 0 aliphatic carbocycles. The van der Waals surface area contributed by atoms with Crippen LogP contribution in [0, 0.1) is 0 Å². The molecule has 1 unspecified atom stereocenters. The standard InChI is InChI=1S/C25H19F3O6/c1-15(25(26,27)28)32-23(30)20-9-13-22(14-10-20)34-24(31)19-5-3-17(4-6-19)18-7-11-21(12-8-18)33-16(2)29/h3-15H,1-2H3. The van der Waals surface area contributed by atoms with Crippen LogP contribution in [-0.4, -0.2) is 30.2 Å². The molecule has 0 fully saturated rings. The molecule has 1 atom stereocenters. The van der Waals surface area contributed by atoms with Crippen LogP contribution in [0.2, 0.25) is 0 Å². The summed E-state index contributed by atoms with van der Waals surface area (Å²) in [7, 11) is 0. The van der Waals surface area contributed by atoms with Crippen LogP contribution >= 0.6 is 0 Å². The average molecular weight is 472 g/mol. The minimum Gasteiger partial charge on any atom is -0.449 e. The van der Waals surface area contributed by atoms with E-state index in [1.54, 1.807) is 48.5 Å². The molecule has 0 saturated heterocycles. The Hall–Kier alpha value is -4.14. The number of rotatable bonds is 6. The molecule has 0 aliphatic rings. The van der Waals surface area contributed by atoms with Crippen molar-refractivity contribution in [2.75, 3.05) is 0 Å². The molecule has 0 amide bonds. The zero-order chi connectivity index (χ0) is 24.9. The predicted molar refractivity (Wildman–Crippen MR) is 116 cm³/mol. The van der Waals surface area contributed by atoms with Gasteiger partial charge in [-0.25, -0.2) is 9.59 Å². The highest BCUT2D eigenvalue weighted by molar-refractivity contribution is 5.92. The van der Waals surface area contributed by atoms with E-state index in [0.717, 1.165) is 18.1 Å². The van der Waals surface area contributed by atoms with Crippen LogP contribution in [0.15, 0.2) is 72.8 Å². The van der Waals surface area contributed by atoms with Crippen molar-refractivity contribution in [2.24, 2.45) is 0 Å². The van der Waals surface area contributed by atoms with Crippen molar-refractivity contribution in [3.8, 4) is 22.6 Å². The number of esters is 3. The fourth-order valence-electron chi connectivity index (χ4n) is 2.80. The summed E-state index contributed by atoms with van der Waals surface area (Å²) >= 11 is 0. The minimum atomic E-state index is -4.66. The van der Waals surface area contributed by atoms with Crippen molar-refractivity contribution in [2.45, 2.75) is 26.1 Å². The summed E-state index contributed by atoms with van der Waals surface area (Å²) in [6.45, 7) is 2.05. The van der Waals surface area contributed by atoms with Gasteiger partial charge in [0.05, 0.1) is 11.1 Å². The lowest BCUT2D eigenvalue weighted by Gasteiger charge is -2.16. The molecule has 0 spiro atoms. The van der Waals surface area contributed by atoms with Gasteiger partial charge in [-0.15, -0.1) is 0 Å². The number of hydrogen-bond acceptors (Lipinski definition) is 6. The Balaban J connectivity index is 1.61. The van der Waals surface area contributed by atoms with E-state index in [1.807, 2.05) is 0 Å². The van der Waals surface area contributed by atoms with Crippen molar-refractivity contribution >= 4 is 17.9 Å². The summed E-state index contributed by atoms with van der Waals surface area (Å²) in [6, 6.07) is 18.4. The van der Waals surface area contributed by atoms with E-state index in [2.05, 4.69) is 4.74 Å². The molecule has 0 aromatic heterocycles. The first-order chi connectivity index (χ1) is 16.0. The summed E-state index contributed by atoms with van der Waals surface area (Å²) in [5.74, 6) is -1.68. The zero-order valence-electron chi connectivity index (χ0n) is 18.1. The van der Waals surface area contributed by atoms with E-state index in [-0.39, 0.29) is 16.9 Å². The third kappa shape index (κ3) is 6.44. The first-order valence-electron chi connectivity index (χ1n) is 10.0. The SMILES string of the molecule is CC(=O)Oc1ccc(-c2ccc(C(=O)Oc3ccc(C(=O)OC(C)C(F)(F)F)cc3)cc2)cc1. The molecule has 6 nitrogen and oxygen atoms in total. The minimum absolute atomic E-state index is 0.107. The fourth-order valence-corrected chi connectivity index (χ4v) is 2.80. The Kier molecular flexibility index (Phi) is 7.35. The van der Waals surface area contributed by atoms with Gasteiger partial charge in [0, 0.05) is 6.92 Å². The lowest BCUT2D eigenvalue weighted by Crippen LogP contribution is -2.30. The number of benzene rings is 3. The van der Waals surface area contributed by atoms with E-state index in [9.17, 15) is 27.6 Å². The van der Waals surface area contributed by atoms with E-state index in [1.165, 1.54) is 31.2 Å². The van der Waals surface area contributed by atoms with Crippen LogP contribution in [0.25, 0.3) is 11.1 Å². The van der Waals surface area contributed by atoms with Crippen LogP contribution < -0.4 is 9.47 Å². The van der Waals surface area contributed by atoms with Gasteiger partial charge >= 0.3 is 24.1 Å². The highest BCUT2D eigenvalue weighted by Crippen LogP contribution is 2.25. The second kappa shape index (κ2) is 10.2. The smallest absolute Gasteiger partial charge is 0.425 e. The number of halogens is 3. The predicted octanol–water partition coefficient (Wildman–Crippen LogP) is 5.61. The summed E-state index contributed by atoms with van der Waals surface area (Å²) in [5, 5.41) is 0. The molecule has 176 valence electrons. The van der Waals surface area contributed by atoms with Gasteiger partial charge in [-0.1, -0.05) is 24.3 Å². The Morgan fingerprint density at radius 1 is 0.676 bits per heavy atom. The topological polar surface area (TPSA) is 78.9 Å². The molecule has 34 heavy (non-hydrogen) atoms. The molecule has 0 saturated carbocycles. The molecule has 0 N–H and O–H groups in total. The van der Waals surface area contributed by atoms with Gasteiger partial charge in [-0.05, 0) is 66.6 Å². The van der Waals surface area contributed by atoms with Crippen LogP contribution in [0.3, 0.4) is 0 Å². The lowest BCUT2D eigenvalue weighted by atomic mass is 10.0. The van der Waals surface area contributed by atoms with Crippen LogP contribution in [-0.2, 0) is 9.53 Å². The monoisotopic (exact) mass is 472 g/mol. The molecule has 3 aromatic rings. The number of carbonyl (C=O) groups excluding carboxylic acids is 3. The second-order valence-electron chi connectivity index (χ2n) is 7.20. The van der Waals surface area contributed by atoms with Gasteiger partial charge in [-0.2, -0.15) is 13.2 Å². The maximum Gasteiger partial charge on any atom is 0.425 e. The maximum absolute atomic E-state index is 12.5. The summed E-state index contributed by atoms with van der Waals surface area (Å²) < 4.78 is 52.2. The molecular weight excluding hydrogens is 453 g/mol. The molecule has 3 rings (SSSR count). The second-order valence-corrected chi connectivity index (χ2v) is 7.20. The molecular formula is C25H19F3O6. The Labute approximate surface area is 192 Å². The quantitative estimate of drug-likeness (QED) is 0.343. The van der Waals surface area contributed by atoms with E-state index in [4.69, 9.17) is 9.47 Å². The Morgan fingerprint density at radius 3 is 1.59 bits per heavy atom. The zero-order valence-corrected chi connectivity index (χ0v) is 18.1. The first kappa shape index (κ1) is 24.5. The third-order valence-electron chi connectivity index (χ3n) is 4.62. The van der Waals surface area contributed by atoms with Gasteiger partial charge in [0.15, 0.2) is 6.10 Å². The third-order valence-corrected chi connectivity index (χ3v) is 4.62. The van der Waals surface area contributed by atoms with Gasteiger partial charge in [0.1, 0.15) is 11.5 Å². The number of hydrogen-bond donors (Lipinski definition) is 0. The summed E-state index contributed by atoms with van der Waals surface area (Å²) in [4.78, 5) is 35.2. The molecule has 0 bridgehead atoms. The first-order valence-corrected chi connectivity index (χ1v) is 10.0. The molecule has 0 heterocycles. The summed E-state index contributed by atoms with van der Waals surface area (Å²) in [6.07, 6.45) is -6.90. The highest BCUT2D eigenvalue weighted by Gasteiger charge is 2.39. The number of ether oxygens (including phenoxy) is 3. The van der Waals surface area contributed by atoms with Crippen LogP contribution in [0.5, 0.6) is 11.5 Å². The maximum atomic E-state index is 12.5. The average Bonchev–Trinajstić information content (AvgIpc) is 2.79. The number of alkyl halides is 3. The lowest BCUT2D eigenvalue weighted by molar-refractivity contribution is -0.198.